The number of methoxy groups -OCH3 is 1. The molecule has 0 unspecified atom stereocenters. The number of rotatable bonds is 17. The first kappa shape index (κ1) is 35.2. The number of hydrogen-bond acceptors (Lipinski definition) is 11. The van der Waals surface area contributed by atoms with Gasteiger partial charge in [0, 0.05) is 16.7 Å². The summed E-state index contributed by atoms with van der Waals surface area (Å²) in [5.74, 6) is -0.758. The van der Waals surface area contributed by atoms with Gasteiger partial charge in [-0.3, -0.25) is 0 Å². The molecule has 0 heterocycles. The fourth-order valence-electron chi connectivity index (χ4n) is 2.91. The van der Waals surface area contributed by atoms with Gasteiger partial charge in [-0.25, -0.2) is 14.4 Å². The minimum Gasteiger partial charge on any atom is -0.501 e. The number of carbonyl (C=O) groups excluding carboxylic acids is 3. The molecule has 11 nitrogen and oxygen atoms in total. The topological polar surface area (TPSA) is 125 Å². The molecule has 0 aromatic heterocycles. The van der Waals surface area contributed by atoms with Crippen molar-refractivity contribution < 1.29 is 52.3 Å². The van der Waals surface area contributed by atoms with E-state index in [1.807, 2.05) is 0 Å². The van der Waals surface area contributed by atoms with Gasteiger partial charge in [0.1, 0.15) is 50.1 Å². The van der Waals surface area contributed by atoms with Gasteiger partial charge in [-0.05, 0) is 55.7 Å². The molecular weight excluding hydrogens is 584 g/mol. The Hall–Kier alpha value is -5.97. The molecule has 2 rings (SSSR count). The zero-order valence-electron chi connectivity index (χ0n) is 25.4. The lowest BCUT2D eigenvalue weighted by Crippen LogP contribution is -2.02. The van der Waals surface area contributed by atoms with Crippen LogP contribution in [0.2, 0.25) is 0 Å². The number of ether oxygens (including phenoxy) is 8. The number of esters is 3. The summed E-state index contributed by atoms with van der Waals surface area (Å²) in [5, 5.41) is 0. The summed E-state index contributed by atoms with van der Waals surface area (Å²) in [6, 6.07) is 10.1. The quantitative estimate of drug-likeness (QED) is 0.0777. The van der Waals surface area contributed by atoms with Crippen LogP contribution in [0.4, 0.5) is 0 Å². The predicted octanol–water partition coefficient (Wildman–Crippen LogP) is 7.15. The first-order valence-corrected chi connectivity index (χ1v) is 13.3. The van der Waals surface area contributed by atoms with Crippen molar-refractivity contribution in [1.82, 2.24) is 0 Å². The fourth-order valence-corrected chi connectivity index (χ4v) is 2.91. The van der Waals surface area contributed by atoms with Crippen molar-refractivity contribution in [2.75, 3.05) is 7.11 Å². The molecular formula is C34H34O11. The first-order chi connectivity index (χ1) is 21.6. The molecule has 0 aliphatic carbocycles. The third-order valence-corrected chi connectivity index (χ3v) is 5.30. The van der Waals surface area contributed by atoms with Crippen LogP contribution in [0.15, 0.2) is 123 Å². The summed E-state index contributed by atoms with van der Waals surface area (Å²) >= 11 is 0. The largest absolute Gasteiger partial charge is 0.501 e. The average molecular weight is 619 g/mol. The Kier molecular flexibility index (Phi) is 14.5. The van der Waals surface area contributed by atoms with Crippen molar-refractivity contribution in [1.29, 1.82) is 0 Å². The molecule has 236 valence electrons. The summed E-state index contributed by atoms with van der Waals surface area (Å²) in [6.07, 6.45) is 9.81. The highest BCUT2D eigenvalue weighted by atomic mass is 16.6. The predicted molar refractivity (Wildman–Crippen MR) is 165 cm³/mol. The zero-order valence-corrected chi connectivity index (χ0v) is 25.4. The lowest BCUT2D eigenvalue weighted by atomic mass is 10.0. The van der Waals surface area contributed by atoms with E-state index in [-0.39, 0.29) is 22.6 Å². The monoisotopic (exact) mass is 618 g/mol. The van der Waals surface area contributed by atoms with Crippen LogP contribution in [0, 0.1) is 0 Å². The molecule has 0 saturated carbocycles. The Morgan fingerprint density at radius 2 is 0.956 bits per heavy atom. The smallest absolute Gasteiger partial charge is 0.338 e. The molecule has 2 aromatic carbocycles. The molecule has 0 aliphatic heterocycles. The van der Waals surface area contributed by atoms with Crippen molar-refractivity contribution in [3.8, 4) is 34.1 Å². The van der Waals surface area contributed by atoms with Crippen LogP contribution in [0.1, 0.15) is 27.2 Å². The van der Waals surface area contributed by atoms with Gasteiger partial charge in [0.15, 0.2) is 23.0 Å². The maximum absolute atomic E-state index is 11.8. The molecule has 0 radical (unpaired) electrons. The van der Waals surface area contributed by atoms with Crippen molar-refractivity contribution in [3.63, 3.8) is 0 Å². The fraction of sp³-hybridized carbons (Fsp3) is 0.147. The van der Waals surface area contributed by atoms with Crippen molar-refractivity contribution in [2.45, 2.75) is 27.2 Å². The van der Waals surface area contributed by atoms with E-state index in [4.69, 9.17) is 37.9 Å². The maximum Gasteiger partial charge on any atom is 0.338 e. The second kappa shape index (κ2) is 18.5. The van der Waals surface area contributed by atoms with E-state index in [0.29, 0.717) is 34.6 Å². The Labute approximate surface area is 261 Å². The van der Waals surface area contributed by atoms with E-state index in [9.17, 15) is 14.4 Å². The highest BCUT2D eigenvalue weighted by Gasteiger charge is 2.12. The van der Waals surface area contributed by atoms with E-state index in [1.165, 1.54) is 39.7 Å². The minimum absolute atomic E-state index is 0.213. The van der Waals surface area contributed by atoms with Gasteiger partial charge in [0.05, 0.1) is 7.11 Å². The van der Waals surface area contributed by atoms with Crippen LogP contribution >= 0.6 is 0 Å². The molecule has 0 saturated heterocycles. The maximum atomic E-state index is 11.8. The Bertz CT molecular complexity index is 1530. The van der Waals surface area contributed by atoms with E-state index >= 15 is 0 Å². The van der Waals surface area contributed by atoms with Crippen LogP contribution in [-0.4, -0.2) is 25.0 Å². The van der Waals surface area contributed by atoms with E-state index in [2.05, 4.69) is 19.7 Å². The lowest BCUT2D eigenvalue weighted by molar-refractivity contribution is -0.134. The van der Waals surface area contributed by atoms with Crippen molar-refractivity contribution in [2.24, 2.45) is 0 Å². The number of benzene rings is 2. The van der Waals surface area contributed by atoms with Crippen molar-refractivity contribution >= 4 is 17.9 Å². The third kappa shape index (κ3) is 12.0. The molecule has 0 aliphatic rings. The number of carbonyl (C=O) groups is 3. The molecule has 0 atom stereocenters. The Morgan fingerprint density at radius 3 is 1.33 bits per heavy atom. The first-order valence-electron chi connectivity index (χ1n) is 13.3. The second-order valence-electron chi connectivity index (χ2n) is 8.85. The highest BCUT2D eigenvalue weighted by molar-refractivity contribution is 5.88. The van der Waals surface area contributed by atoms with Gasteiger partial charge in [0.2, 0.25) is 0 Å². The van der Waals surface area contributed by atoms with Crippen LogP contribution in [0.5, 0.6) is 23.0 Å². The molecule has 45 heavy (non-hydrogen) atoms. The summed E-state index contributed by atoms with van der Waals surface area (Å²) in [6.45, 7) is 15.5. The van der Waals surface area contributed by atoms with E-state index in [0.717, 1.165) is 31.3 Å². The van der Waals surface area contributed by atoms with Gasteiger partial charge >= 0.3 is 17.9 Å². The van der Waals surface area contributed by atoms with Crippen LogP contribution in [0.25, 0.3) is 11.1 Å². The van der Waals surface area contributed by atoms with Crippen LogP contribution in [-0.2, 0) is 33.3 Å². The molecule has 0 bridgehead atoms. The number of hydrogen-bond donors (Lipinski definition) is 0. The van der Waals surface area contributed by atoms with Gasteiger partial charge in [0.25, 0.3) is 0 Å². The van der Waals surface area contributed by atoms with Crippen LogP contribution < -0.4 is 18.9 Å². The summed E-state index contributed by atoms with van der Waals surface area (Å²) in [4.78, 5) is 35.1. The standard InChI is InChI=1S/C34H34O11/c1-8-25(6)34(37)45-20-16-40-28-11-9-26(21-30(28)41-14-13-38-7)27-10-12-29(39-15-18-43-32(35)23(2)3)31(22-27)42-17-19-44-33(36)24(4)5/h9-22H,2,4,6,8H2,1,3,5,7H3/b14-13+,18-15+,19-17+,20-16+. The molecule has 0 spiro atoms. The minimum atomic E-state index is -0.626. The molecule has 0 N–H and O–H groups in total. The Morgan fingerprint density at radius 1 is 0.578 bits per heavy atom. The molecule has 0 amide bonds. The second-order valence-corrected chi connectivity index (χ2v) is 8.85. The van der Waals surface area contributed by atoms with E-state index < -0.39 is 17.9 Å². The highest BCUT2D eigenvalue weighted by Crippen LogP contribution is 2.37. The van der Waals surface area contributed by atoms with Crippen molar-refractivity contribution in [3.05, 3.63) is 123 Å². The molecule has 11 heteroatoms. The third-order valence-electron chi connectivity index (χ3n) is 5.30. The lowest BCUT2D eigenvalue weighted by Gasteiger charge is -2.13. The van der Waals surface area contributed by atoms with Gasteiger partial charge in [-0.2, -0.15) is 0 Å². The summed E-state index contributed by atoms with van der Waals surface area (Å²) in [7, 11) is 1.47. The van der Waals surface area contributed by atoms with Crippen LogP contribution in [0.3, 0.4) is 0 Å². The zero-order chi connectivity index (χ0) is 33.2. The molecule has 0 fully saturated rings. The van der Waals surface area contributed by atoms with Gasteiger partial charge in [-0.1, -0.05) is 38.8 Å². The molecule has 2 aromatic rings. The normalized spacial score (nSPS) is 10.9. The van der Waals surface area contributed by atoms with Gasteiger partial charge in [-0.15, -0.1) is 0 Å². The Balaban J connectivity index is 2.37. The summed E-state index contributed by atoms with van der Waals surface area (Å²) < 4.78 is 42.3. The van der Waals surface area contributed by atoms with Gasteiger partial charge < -0.3 is 37.9 Å². The summed E-state index contributed by atoms with van der Waals surface area (Å²) in [5.41, 5.74) is 2.10. The SMILES string of the molecule is C=C(C)C(=O)O/C=C/Oc1ccc(-c2ccc(O/C=C/OC(=O)C(=C)CC)c(O/C=C/OC)c2)cc1O/C=C/OC(=O)C(=C)C. The average Bonchev–Trinajstić information content (AvgIpc) is 3.03. The van der Waals surface area contributed by atoms with E-state index in [1.54, 1.807) is 43.3 Å².